The second-order valence-electron chi connectivity index (χ2n) is 3.68. The van der Waals surface area contributed by atoms with Gasteiger partial charge in [0.25, 0.3) is 0 Å². The molecule has 0 aliphatic heterocycles. The highest BCUT2D eigenvalue weighted by Gasteiger charge is 2.09. The first kappa shape index (κ1) is 13.9. The molecule has 0 saturated carbocycles. The molecular formula is C10H18O5. The van der Waals surface area contributed by atoms with Crippen LogP contribution >= 0.6 is 0 Å². The lowest BCUT2D eigenvalue weighted by Gasteiger charge is -2.09. The van der Waals surface area contributed by atoms with Gasteiger partial charge in [0, 0.05) is 0 Å². The lowest BCUT2D eigenvalue weighted by molar-refractivity contribution is -0.179. The molecular weight excluding hydrogens is 200 g/mol. The molecule has 0 aromatic rings. The Hall–Kier alpha value is -1.10. The van der Waals surface area contributed by atoms with Crippen molar-refractivity contribution in [2.75, 3.05) is 13.6 Å². The Bertz CT molecular complexity index is 188. The first-order valence-corrected chi connectivity index (χ1v) is 4.86. The van der Waals surface area contributed by atoms with Gasteiger partial charge in [0.15, 0.2) is 13.6 Å². The largest absolute Gasteiger partial charge is 0.438 e. The molecule has 0 spiro atoms. The average molecular weight is 218 g/mol. The fourth-order valence-corrected chi connectivity index (χ4v) is 0.567. The fourth-order valence-electron chi connectivity index (χ4n) is 0.567. The lowest BCUT2D eigenvalue weighted by Crippen LogP contribution is -2.17. The van der Waals surface area contributed by atoms with E-state index in [2.05, 4.69) is 0 Å². The topological polar surface area (TPSA) is 61.8 Å². The van der Waals surface area contributed by atoms with Gasteiger partial charge in [-0.2, -0.15) is 0 Å². The molecule has 0 amide bonds. The third-order valence-corrected chi connectivity index (χ3v) is 1.51. The van der Waals surface area contributed by atoms with Crippen LogP contribution in [0.4, 0.5) is 0 Å². The Kier molecular flexibility index (Phi) is 6.70. The van der Waals surface area contributed by atoms with Crippen molar-refractivity contribution < 1.29 is 23.8 Å². The minimum absolute atomic E-state index is 0.188. The van der Waals surface area contributed by atoms with E-state index in [0.717, 1.165) is 0 Å². The monoisotopic (exact) mass is 218 g/mol. The number of hydrogen-bond donors (Lipinski definition) is 0. The van der Waals surface area contributed by atoms with Crippen molar-refractivity contribution in [1.29, 1.82) is 0 Å². The highest BCUT2D eigenvalue weighted by atomic mass is 16.8. The molecule has 0 aliphatic rings. The summed E-state index contributed by atoms with van der Waals surface area (Å²) in [5.74, 6) is -1.06. The standard InChI is InChI=1S/C10H18O5/c1-7(2)9(11)14-5-13-6-15-10(12)8(3)4/h7-8H,5-6H2,1-4H3. The molecule has 5 nitrogen and oxygen atoms in total. The quantitative estimate of drug-likeness (QED) is 0.382. The molecule has 88 valence electrons. The Balaban J connectivity index is 3.40. The lowest BCUT2D eigenvalue weighted by atomic mass is 10.2. The van der Waals surface area contributed by atoms with Crippen molar-refractivity contribution in [3.63, 3.8) is 0 Å². The van der Waals surface area contributed by atoms with Crippen LogP contribution in [0.5, 0.6) is 0 Å². The third kappa shape index (κ3) is 6.90. The molecule has 0 aromatic carbocycles. The number of rotatable bonds is 6. The van der Waals surface area contributed by atoms with E-state index in [9.17, 15) is 9.59 Å². The first-order valence-electron chi connectivity index (χ1n) is 4.86. The Morgan fingerprint density at radius 3 is 1.47 bits per heavy atom. The molecule has 0 radical (unpaired) electrons. The van der Waals surface area contributed by atoms with Crippen molar-refractivity contribution in [1.82, 2.24) is 0 Å². The zero-order chi connectivity index (χ0) is 11.8. The fraction of sp³-hybridized carbons (Fsp3) is 0.800. The van der Waals surface area contributed by atoms with Crippen molar-refractivity contribution in [3.8, 4) is 0 Å². The molecule has 0 saturated heterocycles. The van der Waals surface area contributed by atoms with Gasteiger partial charge in [-0.15, -0.1) is 0 Å². The molecule has 5 heteroatoms. The first-order chi connectivity index (χ1) is 6.95. The maximum atomic E-state index is 10.9. The summed E-state index contributed by atoms with van der Waals surface area (Å²) >= 11 is 0. The second kappa shape index (κ2) is 7.23. The minimum Gasteiger partial charge on any atom is -0.438 e. The van der Waals surface area contributed by atoms with Crippen molar-refractivity contribution in [2.45, 2.75) is 27.7 Å². The van der Waals surface area contributed by atoms with E-state index in [1.165, 1.54) is 0 Å². The number of carbonyl (C=O) groups is 2. The van der Waals surface area contributed by atoms with Crippen LogP contribution < -0.4 is 0 Å². The van der Waals surface area contributed by atoms with Gasteiger partial charge < -0.3 is 14.2 Å². The summed E-state index contributed by atoms with van der Waals surface area (Å²) in [5, 5.41) is 0. The molecule has 0 aromatic heterocycles. The maximum Gasteiger partial charge on any atom is 0.310 e. The molecule has 0 heterocycles. The van der Waals surface area contributed by atoms with Gasteiger partial charge >= 0.3 is 11.9 Å². The zero-order valence-corrected chi connectivity index (χ0v) is 9.61. The summed E-state index contributed by atoms with van der Waals surface area (Å²) in [6.07, 6.45) is 0. The molecule has 0 bridgehead atoms. The third-order valence-electron chi connectivity index (χ3n) is 1.51. The van der Waals surface area contributed by atoms with Crippen LogP contribution in [-0.4, -0.2) is 25.5 Å². The number of carbonyl (C=O) groups excluding carboxylic acids is 2. The molecule has 0 fully saturated rings. The Labute approximate surface area is 89.7 Å². The van der Waals surface area contributed by atoms with E-state index in [1.807, 2.05) is 0 Å². The zero-order valence-electron chi connectivity index (χ0n) is 9.61. The smallest absolute Gasteiger partial charge is 0.310 e. The molecule has 0 N–H and O–H groups in total. The number of ether oxygens (including phenoxy) is 3. The van der Waals surface area contributed by atoms with E-state index in [1.54, 1.807) is 27.7 Å². The summed E-state index contributed by atoms with van der Waals surface area (Å²) in [5.41, 5.74) is 0. The van der Waals surface area contributed by atoms with E-state index < -0.39 is 0 Å². The maximum absolute atomic E-state index is 10.9. The molecule has 0 aliphatic carbocycles. The van der Waals surface area contributed by atoms with E-state index in [4.69, 9.17) is 14.2 Å². The van der Waals surface area contributed by atoms with Crippen molar-refractivity contribution >= 4 is 11.9 Å². The van der Waals surface area contributed by atoms with Crippen LogP contribution in [0.3, 0.4) is 0 Å². The predicted molar refractivity (Wildman–Crippen MR) is 52.7 cm³/mol. The normalized spacial score (nSPS) is 10.5. The molecule has 0 atom stereocenters. The van der Waals surface area contributed by atoms with Crippen LogP contribution in [0, 0.1) is 11.8 Å². The van der Waals surface area contributed by atoms with Crippen LogP contribution in [0.1, 0.15) is 27.7 Å². The summed E-state index contributed by atoms with van der Waals surface area (Å²) in [6, 6.07) is 0. The summed E-state index contributed by atoms with van der Waals surface area (Å²) in [6.45, 7) is 6.51. The Morgan fingerprint density at radius 1 is 0.867 bits per heavy atom. The summed E-state index contributed by atoms with van der Waals surface area (Å²) < 4.78 is 14.2. The highest BCUT2D eigenvalue weighted by Crippen LogP contribution is 1.97. The summed E-state index contributed by atoms with van der Waals surface area (Å²) in [4.78, 5) is 21.9. The summed E-state index contributed by atoms with van der Waals surface area (Å²) in [7, 11) is 0. The van der Waals surface area contributed by atoms with Gasteiger partial charge in [-0.25, -0.2) is 0 Å². The van der Waals surface area contributed by atoms with Crippen LogP contribution in [0.15, 0.2) is 0 Å². The second-order valence-corrected chi connectivity index (χ2v) is 3.68. The SMILES string of the molecule is CC(C)C(=O)OCOCOC(=O)C(C)C. The molecule has 0 rings (SSSR count). The minimum atomic E-state index is -0.342. The van der Waals surface area contributed by atoms with Crippen LogP contribution in [0.25, 0.3) is 0 Å². The highest BCUT2D eigenvalue weighted by molar-refractivity contribution is 5.71. The molecule has 15 heavy (non-hydrogen) atoms. The van der Waals surface area contributed by atoms with E-state index in [0.29, 0.717) is 0 Å². The number of hydrogen-bond acceptors (Lipinski definition) is 5. The van der Waals surface area contributed by atoms with E-state index in [-0.39, 0.29) is 37.4 Å². The van der Waals surface area contributed by atoms with Crippen molar-refractivity contribution in [3.05, 3.63) is 0 Å². The molecule has 0 unspecified atom stereocenters. The van der Waals surface area contributed by atoms with Gasteiger partial charge in [-0.1, -0.05) is 27.7 Å². The van der Waals surface area contributed by atoms with Gasteiger partial charge in [0.1, 0.15) is 0 Å². The number of esters is 2. The average Bonchev–Trinajstić information content (AvgIpc) is 2.16. The predicted octanol–water partition coefficient (Wildman–Crippen LogP) is 1.32. The van der Waals surface area contributed by atoms with Crippen molar-refractivity contribution in [2.24, 2.45) is 11.8 Å². The van der Waals surface area contributed by atoms with Gasteiger partial charge in [0.2, 0.25) is 0 Å². The van der Waals surface area contributed by atoms with Crippen LogP contribution in [-0.2, 0) is 23.8 Å². The Morgan fingerprint density at radius 2 is 1.20 bits per heavy atom. The van der Waals surface area contributed by atoms with Gasteiger partial charge in [-0.05, 0) is 0 Å². The van der Waals surface area contributed by atoms with Crippen LogP contribution in [0.2, 0.25) is 0 Å². The van der Waals surface area contributed by atoms with Gasteiger partial charge in [0.05, 0.1) is 11.8 Å². The van der Waals surface area contributed by atoms with Gasteiger partial charge in [-0.3, -0.25) is 9.59 Å². The van der Waals surface area contributed by atoms with E-state index >= 15 is 0 Å².